The zero-order chi connectivity index (χ0) is 13.0. The lowest BCUT2D eigenvalue weighted by Crippen LogP contribution is -2.22. The Morgan fingerprint density at radius 2 is 1.94 bits per heavy atom. The number of carbonyl (C=O) groups excluding carboxylic acids is 1. The molecule has 1 atom stereocenters. The van der Waals surface area contributed by atoms with Crippen molar-refractivity contribution >= 4 is 23.2 Å². The summed E-state index contributed by atoms with van der Waals surface area (Å²) in [5.41, 5.74) is 1.41. The molecule has 2 N–H and O–H groups in total. The van der Waals surface area contributed by atoms with E-state index in [9.17, 15) is 4.79 Å². The summed E-state index contributed by atoms with van der Waals surface area (Å²) in [6.07, 6.45) is 0. The maximum Gasteiger partial charge on any atom is 0.252 e. The summed E-state index contributed by atoms with van der Waals surface area (Å²) >= 11 is 5.98. The quantitative estimate of drug-likeness (QED) is 0.867. The Morgan fingerprint density at radius 1 is 1.29 bits per heavy atom. The molecule has 0 aliphatic rings. The molecular weight excluding hydrogens is 236 g/mol. The summed E-state index contributed by atoms with van der Waals surface area (Å²) in [5, 5.41) is 6.39. The number of hydrogen-bond donors (Lipinski definition) is 2. The molecule has 0 heterocycles. The minimum Gasteiger partial charge on any atom is -0.382 e. The highest BCUT2D eigenvalue weighted by molar-refractivity contribution is 6.34. The highest BCUT2D eigenvalue weighted by Gasteiger charge is 2.11. The minimum absolute atomic E-state index is 0.171. The smallest absolute Gasteiger partial charge is 0.252 e. The van der Waals surface area contributed by atoms with E-state index in [1.54, 1.807) is 19.2 Å². The summed E-state index contributed by atoms with van der Waals surface area (Å²) in [4.78, 5) is 11.6. The van der Waals surface area contributed by atoms with E-state index in [0.717, 1.165) is 5.69 Å². The van der Waals surface area contributed by atoms with Crippen LogP contribution < -0.4 is 10.6 Å². The summed E-state index contributed by atoms with van der Waals surface area (Å²) < 4.78 is 0. The molecule has 1 amide bonds. The van der Waals surface area contributed by atoms with Gasteiger partial charge in [0.25, 0.3) is 5.91 Å². The summed E-state index contributed by atoms with van der Waals surface area (Å²) in [6.45, 7) is 6.40. The van der Waals surface area contributed by atoms with E-state index in [0.29, 0.717) is 22.5 Å². The molecule has 0 bridgehead atoms. The number of hydrogen-bond acceptors (Lipinski definition) is 2. The highest BCUT2D eigenvalue weighted by Crippen LogP contribution is 2.21. The third-order valence-corrected chi connectivity index (χ3v) is 3.16. The van der Waals surface area contributed by atoms with E-state index in [1.807, 2.05) is 6.07 Å². The van der Waals surface area contributed by atoms with Crippen LogP contribution in [0.2, 0.25) is 5.02 Å². The second-order valence-corrected chi connectivity index (χ2v) is 4.86. The van der Waals surface area contributed by atoms with Gasteiger partial charge in [-0.2, -0.15) is 0 Å². The van der Waals surface area contributed by atoms with Crippen molar-refractivity contribution in [2.24, 2.45) is 5.92 Å². The average Bonchev–Trinajstić information content (AvgIpc) is 2.30. The summed E-state index contributed by atoms with van der Waals surface area (Å²) in [5.74, 6) is 0.352. The van der Waals surface area contributed by atoms with Crippen LogP contribution in [0.1, 0.15) is 31.1 Å². The number of anilines is 1. The molecule has 1 aromatic rings. The van der Waals surface area contributed by atoms with Crippen LogP contribution in [0, 0.1) is 5.92 Å². The molecule has 1 aromatic carbocycles. The Labute approximate surface area is 108 Å². The SMILES string of the molecule is CNC(=O)c1cc(NC(C)C(C)C)ccc1Cl. The van der Waals surface area contributed by atoms with Crippen LogP contribution in [-0.4, -0.2) is 19.0 Å². The Morgan fingerprint density at radius 3 is 2.47 bits per heavy atom. The van der Waals surface area contributed by atoms with E-state index < -0.39 is 0 Å². The number of rotatable bonds is 4. The Bertz CT molecular complexity index is 404. The molecule has 0 saturated carbocycles. The van der Waals surface area contributed by atoms with E-state index in [2.05, 4.69) is 31.4 Å². The third kappa shape index (κ3) is 3.63. The molecule has 1 rings (SSSR count). The molecule has 0 aliphatic carbocycles. The topological polar surface area (TPSA) is 41.1 Å². The largest absolute Gasteiger partial charge is 0.382 e. The van der Waals surface area contributed by atoms with Crippen molar-refractivity contribution in [3.8, 4) is 0 Å². The zero-order valence-corrected chi connectivity index (χ0v) is 11.4. The van der Waals surface area contributed by atoms with Crippen molar-refractivity contribution in [2.75, 3.05) is 12.4 Å². The zero-order valence-electron chi connectivity index (χ0n) is 10.7. The first-order valence-corrected chi connectivity index (χ1v) is 6.11. The number of amides is 1. The fourth-order valence-corrected chi connectivity index (χ4v) is 1.56. The van der Waals surface area contributed by atoms with Crippen molar-refractivity contribution in [3.63, 3.8) is 0 Å². The van der Waals surface area contributed by atoms with Gasteiger partial charge >= 0.3 is 0 Å². The maximum absolute atomic E-state index is 11.6. The van der Waals surface area contributed by atoms with Gasteiger partial charge in [-0.3, -0.25) is 4.79 Å². The van der Waals surface area contributed by atoms with Crippen molar-refractivity contribution < 1.29 is 4.79 Å². The Balaban J connectivity index is 2.93. The Hall–Kier alpha value is -1.22. The van der Waals surface area contributed by atoms with E-state index >= 15 is 0 Å². The van der Waals surface area contributed by atoms with Crippen molar-refractivity contribution in [3.05, 3.63) is 28.8 Å². The Kier molecular flexibility index (Phi) is 4.82. The molecule has 0 saturated heterocycles. The van der Waals surface area contributed by atoms with Gasteiger partial charge in [-0.25, -0.2) is 0 Å². The average molecular weight is 255 g/mol. The molecule has 1 unspecified atom stereocenters. The van der Waals surface area contributed by atoms with Crippen LogP contribution in [0.3, 0.4) is 0 Å². The van der Waals surface area contributed by atoms with Crippen molar-refractivity contribution in [2.45, 2.75) is 26.8 Å². The lowest BCUT2D eigenvalue weighted by Gasteiger charge is -2.19. The number of nitrogens with one attached hydrogen (secondary N) is 2. The van der Waals surface area contributed by atoms with Crippen LogP contribution in [0.5, 0.6) is 0 Å². The molecule has 0 fully saturated rings. The van der Waals surface area contributed by atoms with Gasteiger partial charge in [0.15, 0.2) is 0 Å². The van der Waals surface area contributed by atoms with Gasteiger partial charge in [0.2, 0.25) is 0 Å². The van der Waals surface area contributed by atoms with E-state index in [1.165, 1.54) is 0 Å². The molecule has 3 nitrogen and oxygen atoms in total. The molecule has 4 heteroatoms. The lowest BCUT2D eigenvalue weighted by molar-refractivity contribution is 0.0963. The number of benzene rings is 1. The molecule has 17 heavy (non-hydrogen) atoms. The van der Waals surface area contributed by atoms with Crippen LogP contribution in [0.25, 0.3) is 0 Å². The van der Waals surface area contributed by atoms with Gasteiger partial charge in [-0.15, -0.1) is 0 Å². The second-order valence-electron chi connectivity index (χ2n) is 4.45. The summed E-state index contributed by atoms with van der Waals surface area (Å²) in [7, 11) is 1.59. The first kappa shape index (κ1) is 13.8. The third-order valence-electron chi connectivity index (χ3n) is 2.83. The second kappa shape index (κ2) is 5.92. The minimum atomic E-state index is -0.171. The monoisotopic (exact) mass is 254 g/mol. The molecule has 0 aliphatic heterocycles. The standard InChI is InChI=1S/C13H19ClN2O/c1-8(2)9(3)16-10-5-6-12(14)11(7-10)13(17)15-4/h5-9,16H,1-4H3,(H,15,17). The van der Waals surface area contributed by atoms with Gasteiger partial charge in [-0.05, 0) is 31.0 Å². The van der Waals surface area contributed by atoms with Crippen LogP contribution >= 0.6 is 11.6 Å². The molecule has 0 spiro atoms. The van der Waals surface area contributed by atoms with Crippen LogP contribution in [0.15, 0.2) is 18.2 Å². The van der Waals surface area contributed by atoms with E-state index in [4.69, 9.17) is 11.6 Å². The normalized spacial score (nSPS) is 12.4. The van der Waals surface area contributed by atoms with Crippen LogP contribution in [0.4, 0.5) is 5.69 Å². The van der Waals surface area contributed by atoms with Gasteiger partial charge in [0.1, 0.15) is 0 Å². The number of carbonyl (C=O) groups is 1. The van der Waals surface area contributed by atoms with Gasteiger partial charge in [0, 0.05) is 18.8 Å². The number of halogens is 1. The van der Waals surface area contributed by atoms with Gasteiger partial charge < -0.3 is 10.6 Å². The summed E-state index contributed by atoms with van der Waals surface area (Å²) in [6, 6.07) is 5.74. The van der Waals surface area contributed by atoms with Crippen LogP contribution in [-0.2, 0) is 0 Å². The molecule has 94 valence electrons. The van der Waals surface area contributed by atoms with Crippen molar-refractivity contribution in [1.29, 1.82) is 0 Å². The van der Waals surface area contributed by atoms with Gasteiger partial charge in [-0.1, -0.05) is 25.4 Å². The molecular formula is C13H19ClN2O. The maximum atomic E-state index is 11.6. The van der Waals surface area contributed by atoms with E-state index in [-0.39, 0.29) is 5.91 Å². The predicted octanol–water partition coefficient (Wildman–Crippen LogP) is 3.16. The fourth-order valence-electron chi connectivity index (χ4n) is 1.35. The first-order valence-electron chi connectivity index (χ1n) is 5.74. The fraction of sp³-hybridized carbons (Fsp3) is 0.462. The van der Waals surface area contributed by atoms with Crippen molar-refractivity contribution in [1.82, 2.24) is 5.32 Å². The predicted molar refractivity (Wildman–Crippen MR) is 72.8 cm³/mol. The molecule has 0 radical (unpaired) electrons. The first-order chi connectivity index (χ1) is 7.95. The highest BCUT2D eigenvalue weighted by atomic mass is 35.5. The lowest BCUT2D eigenvalue weighted by atomic mass is 10.1. The van der Waals surface area contributed by atoms with Gasteiger partial charge in [0.05, 0.1) is 10.6 Å². The molecule has 0 aromatic heterocycles.